The van der Waals surface area contributed by atoms with Gasteiger partial charge in [-0.1, -0.05) is 24.3 Å². The highest BCUT2D eigenvalue weighted by Gasteiger charge is 2.32. The van der Waals surface area contributed by atoms with Gasteiger partial charge in [0.05, 0.1) is 27.4 Å². The molecule has 1 aliphatic heterocycles. The summed E-state index contributed by atoms with van der Waals surface area (Å²) in [6.07, 6.45) is 1.42. The van der Waals surface area contributed by atoms with E-state index in [0.29, 0.717) is 31.8 Å². The van der Waals surface area contributed by atoms with Crippen LogP contribution in [0.5, 0.6) is 11.5 Å². The monoisotopic (exact) mass is 340 g/mol. The Morgan fingerprint density at radius 3 is 1.56 bits per heavy atom. The van der Waals surface area contributed by atoms with E-state index in [9.17, 15) is 4.79 Å². The summed E-state index contributed by atoms with van der Waals surface area (Å²) in [7, 11) is 3.30. The van der Waals surface area contributed by atoms with Crippen molar-refractivity contribution in [1.82, 2.24) is 0 Å². The second kappa shape index (κ2) is 8.17. The molecule has 0 aromatic heterocycles. The van der Waals surface area contributed by atoms with Gasteiger partial charge in [-0.2, -0.15) is 0 Å². The zero-order valence-corrected chi connectivity index (χ0v) is 14.7. The third-order valence-electron chi connectivity index (χ3n) is 4.73. The molecule has 4 heteroatoms. The summed E-state index contributed by atoms with van der Waals surface area (Å²) in [5.74, 6) is 1.80. The van der Waals surface area contributed by atoms with Gasteiger partial charge in [-0.05, 0) is 48.2 Å². The third-order valence-corrected chi connectivity index (χ3v) is 4.73. The minimum absolute atomic E-state index is 0.0783. The number of Topliss-reactive ketones (excluding diaryl/α,β-unsaturated/α-hetero) is 1. The molecule has 0 bridgehead atoms. The molecule has 132 valence electrons. The Morgan fingerprint density at radius 2 is 1.20 bits per heavy atom. The van der Waals surface area contributed by atoms with Gasteiger partial charge in [-0.3, -0.25) is 4.79 Å². The molecule has 4 nitrogen and oxygen atoms in total. The Morgan fingerprint density at radius 1 is 0.800 bits per heavy atom. The number of methoxy groups -OCH3 is 2. The van der Waals surface area contributed by atoms with Gasteiger partial charge in [0.25, 0.3) is 0 Å². The molecule has 0 unspecified atom stereocenters. The van der Waals surface area contributed by atoms with Gasteiger partial charge in [0, 0.05) is 11.8 Å². The SMILES string of the molecule is COc1ccc(C[C@H]2COC[C@@H](Cc3ccc(OC)cc3)C2=O)cc1. The number of hydrogen-bond donors (Lipinski definition) is 0. The Hall–Kier alpha value is -2.33. The predicted octanol–water partition coefficient (Wildman–Crippen LogP) is 3.32. The lowest BCUT2D eigenvalue weighted by Gasteiger charge is -2.28. The first-order valence-corrected chi connectivity index (χ1v) is 8.57. The third kappa shape index (κ3) is 4.40. The molecule has 3 rings (SSSR count). The molecule has 1 heterocycles. The van der Waals surface area contributed by atoms with Crippen molar-refractivity contribution < 1.29 is 19.0 Å². The van der Waals surface area contributed by atoms with Crippen molar-refractivity contribution in [1.29, 1.82) is 0 Å². The fraction of sp³-hybridized carbons (Fsp3) is 0.381. The van der Waals surface area contributed by atoms with Crippen LogP contribution in [0.25, 0.3) is 0 Å². The fourth-order valence-corrected chi connectivity index (χ4v) is 3.26. The second-order valence-electron chi connectivity index (χ2n) is 6.44. The van der Waals surface area contributed by atoms with Crippen LogP contribution in [0.2, 0.25) is 0 Å². The number of ketones is 1. The number of carbonyl (C=O) groups is 1. The molecule has 0 amide bonds. The molecule has 2 aromatic rings. The Balaban J connectivity index is 1.63. The zero-order chi connectivity index (χ0) is 17.6. The highest BCUT2D eigenvalue weighted by atomic mass is 16.5. The van der Waals surface area contributed by atoms with Crippen LogP contribution >= 0.6 is 0 Å². The highest BCUT2D eigenvalue weighted by molar-refractivity contribution is 5.84. The molecule has 2 aromatic carbocycles. The van der Waals surface area contributed by atoms with Crippen molar-refractivity contribution in [3.8, 4) is 11.5 Å². The predicted molar refractivity (Wildman–Crippen MR) is 96.2 cm³/mol. The molecule has 1 fully saturated rings. The van der Waals surface area contributed by atoms with Crippen LogP contribution in [-0.4, -0.2) is 33.2 Å². The zero-order valence-electron chi connectivity index (χ0n) is 14.7. The smallest absolute Gasteiger partial charge is 0.144 e. The number of rotatable bonds is 6. The molecule has 1 aliphatic rings. The normalized spacial score (nSPS) is 20.3. The topological polar surface area (TPSA) is 44.8 Å². The lowest BCUT2D eigenvalue weighted by Crippen LogP contribution is -2.38. The van der Waals surface area contributed by atoms with E-state index in [1.807, 2.05) is 48.5 Å². The first-order valence-electron chi connectivity index (χ1n) is 8.57. The Bertz CT molecular complexity index is 631. The maximum Gasteiger partial charge on any atom is 0.144 e. The molecule has 0 aliphatic carbocycles. The molecular formula is C21H24O4. The Kier molecular flexibility index (Phi) is 5.71. The van der Waals surface area contributed by atoms with E-state index in [0.717, 1.165) is 22.6 Å². The van der Waals surface area contributed by atoms with E-state index >= 15 is 0 Å². The van der Waals surface area contributed by atoms with Gasteiger partial charge in [0.2, 0.25) is 0 Å². The van der Waals surface area contributed by atoms with Crippen molar-refractivity contribution in [3.63, 3.8) is 0 Å². The van der Waals surface area contributed by atoms with E-state index in [4.69, 9.17) is 14.2 Å². The van der Waals surface area contributed by atoms with E-state index in [1.165, 1.54) is 0 Å². The van der Waals surface area contributed by atoms with Gasteiger partial charge in [-0.15, -0.1) is 0 Å². The van der Waals surface area contributed by atoms with Crippen molar-refractivity contribution >= 4 is 5.78 Å². The van der Waals surface area contributed by atoms with Crippen LogP contribution in [0.3, 0.4) is 0 Å². The molecule has 1 saturated heterocycles. The fourth-order valence-electron chi connectivity index (χ4n) is 3.26. The minimum Gasteiger partial charge on any atom is -0.497 e. The highest BCUT2D eigenvalue weighted by Crippen LogP contribution is 2.24. The quantitative estimate of drug-likeness (QED) is 0.809. The lowest BCUT2D eigenvalue weighted by atomic mass is 9.84. The van der Waals surface area contributed by atoms with Gasteiger partial charge in [0.15, 0.2) is 0 Å². The van der Waals surface area contributed by atoms with Gasteiger partial charge < -0.3 is 14.2 Å². The van der Waals surface area contributed by atoms with E-state index in [-0.39, 0.29) is 11.8 Å². The molecule has 0 spiro atoms. The van der Waals surface area contributed by atoms with E-state index in [2.05, 4.69) is 0 Å². The van der Waals surface area contributed by atoms with Crippen molar-refractivity contribution in [2.24, 2.45) is 11.8 Å². The van der Waals surface area contributed by atoms with Crippen molar-refractivity contribution in [2.75, 3.05) is 27.4 Å². The number of hydrogen-bond acceptors (Lipinski definition) is 4. The summed E-state index contributed by atoms with van der Waals surface area (Å²) >= 11 is 0. The molecule has 0 N–H and O–H groups in total. The van der Waals surface area contributed by atoms with Gasteiger partial charge >= 0.3 is 0 Å². The summed E-state index contributed by atoms with van der Waals surface area (Å²) in [6.45, 7) is 1.01. The summed E-state index contributed by atoms with van der Waals surface area (Å²) in [6, 6.07) is 15.8. The summed E-state index contributed by atoms with van der Waals surface area (Å²) in [5.41, 5.74) is 2.26. The number of carbonyl (C=O) groups excluding carboxylic acids is 1. The Labute approximate surface area is 148 Å². The van der Waals surface area contributed by atoms with Crippen LogP contribution in [0, 0.1) is 11.8 Å². The van der Waals surface area contributed by atoms with Crippen LogP contribution in [0.15, 0.2) is 48.5 Å². The van der Waals surface area contributed by atoms with Crippen molar-refractivity contribution in [3.05, 3.63) is 59.7 Å². The first kappa shape index (κ1) is 17.5. The number of benzene rings is 2. The van der Waals surface area contributed by atoms with E-state index < -0.39 is 0 Å². The molecular weight excluding hydrogens is 316 g/mol. The van der Waals surface area contributed by atoms with E-state index in [1.54, 1.807) is 14.2 Å². The molecule has 2 atom stereocenters. The van der Waals surface area contributed by atoms with Crippen molar-refractivity contribution in [2.45, 2.75) is 12.8 Å². The van der Waals surface area contributed by atoms with Crippen LogP contribution in [0.1, 0.15) is 11.1 Å². The largest absolute Gasteiger partial charge is 0.497 e. The summed E-state index contributed by atoms with van der Waals surface area (Å²) < 4.78 is 16.1. The average Bonchev–Trinajstić information content (AvgIpc) is 2.66. The van der Waals surface area contributed by atoms with Crippen LogP contribution in [0.4, 0.5) is 0 Å². The first-order chi connectivity index (χ1) is 12.2. The summed E-state index contributed by atoms with van der Waals surface area (Å²) in [4.78, 5) is 12.9. The minimum atomic E-state index is -0.0783. The second-order valence-corrected chi connectivity index (χ2v) is 6.44. The van der Waals surface area contributed by atoms with Gasteiger partial charge in [-0.25, -0.2) is 0 Å². The van der Waals surface area contributed by atoms with Crippen LogP contribution < -0.4 is 9.47 Å². The standard InChI is InChI=1S/C21H24O4/c1-23-19-7-3-15(4-8-19)11-17-13-25-14-18(21(17)22)12-16-5-9-20(24-2)10-6-16/h3-10,17-18H,11-14H2,1-2H3/t17-,18+. The van der Waals surface area contributed by atoms with Crippen LogP contribution in [-0.2, 0) is 22.4 Å². The average molecular weight is 340 g/mol. The number of ether oxygens (including phenoxy) is 3. The summed E-state index contributed by atoms with van der Waals surface area (Å²) in [5, 5.41) is 0. The maximum absolute atomic E-state index is 12.9. The molecule has 0 radical (unpaired) electrons. The lowest BCUT2D eigenvalue weighted by molar-refractivity contribution is -0.137. The maximum atomic E-state index is 12.9. The molecule has 0 saturated carbocycles. The van der Waals surface area contributed by atoms with Gasteiger partial charge in [0.1, 0.15) is 17.3 Å². The molecule has 25 heavy (non-hydrogen) atoms.